The first-order valence-corrected chi connectivity index (χ1v) is 9.58. The van der Waals surface area contributed by atoms with E-state index in [4.69, 9.17) is 23.2 Å². The number of carbonyl (C=O) groups is 1. The Bertz CT molecular complexity index is 822. The van der Waals surface area contributed by atoms with Gasteiger partial charge in [0.1, 0.15) is 11.3 Å². The van der Waals surface area contributed by atoms with E-state index in [2.05, 4.69) is 25.4 Å². The maximum atomic E-state index is 12.4. The number of halogens is 2. The number of hydrogen-bond acceptors (Lipinski definition) is 5. The molecule has 0 atom stereocenters. The van der Waals surface area contributed by atoms with Gasteiger partial charge in [-0.2, -0.15) is 5.10 Å². The van der Waals surface area contributed by atoms with E-state index in [-0.39, 0.29) is 17.0 Å². The first kappa shape index (κ1) is 19.9. The van der Waals surface area contributed by atoms with Gasteiger partial charge in [0.05, 0.1) is 15.7 Å². The summed E-state index contributed by atoms with van der Waals surface area (Å²) in [4.78, 5) is 17.5. The van der Waals surface area contributed by atoms with Gasteiger partial charge in [-0.05, 0) is 45.7 Å². The van der Waals surface area contributed by atoms with Gasteiger partial charge in [0.2, 0.25) is 0 Å². The number of anilines is 1. The van der Waals surface area contributed by atoms with Crippen LogP contribution in [-0.2, 0) is 5.60 Å². The van der Waals surface area contributed by atoms with Crippen molar-refractivity contribution in [2.75, 3.05) is 18.0 Å². The molecule has 3 N–H and O–H groups in total. The van der Waals surface area contributed by atoms with Crippen LogP contribution < -0.4 is 10.2 Å². The molecule has 2 aromatic rings. The highest BCUT2D eigenvalue weighted by Crippen LogP contribution is 2.29. The van der Waals surface area contributed by atoms with Crippen LogP contribution in [0.3, 0.4) is 0 Å². The van der Waals surface area contributed by atoms with Crippen molar-refractivity contribution in [1.29, 1.82) is 0 Å². The molecule has 27 heavy (non-hydrogen) atoms. The van der Waals surface area contributed by atoms with Gasteiger partial charge in [-0.3, -0.25) is 4.79 Å². The molecule has 3 heterocycles. The molecular formula is C18H23Cl2N5O2. The van der Waals surface area contributed by atoms with Gasteiger partial charge in [0, 0.05) is 24.8 Å². The SMILES string of the molecule is Cc1[nH]c(C(=O)NC2CCN(c3ccc(C(C)(C)O)nn3)CC2)c(Cl)c1Cl. The number of nitrogens with one attached hydrogen (secondary N) is 2. The predicted molar refractivity (Wildman–Crippen MR) is 106 cm³/mol. The number of nitrogens with zero attached hydrogens (tertiary/aromatic N) is 3. The van der Waals surface area contributed by atoms with Crippen LogP contribution in [0.4, 0.5) is 5.82 Å². The van der Waals surface area contributed by atoms with Crippen LogP contribution in [0.2, 0.25) is 10.0 Å². The van der Waals surface area contributed by atoms with Gasteiger partial charge in [0.25, 0.3) is 5.91 Å². The summed E-state index contributed by atoms with van der Waals surface area (Å²) < 4.78 is 0. The zero-order chi connectivity index (χ0) is 19.8. The van der Waals surface area contributed by atoms with E-state index < -0.39 is 5.60 Å². The molecule has 146 valence electrons. The van der Waals surface area contributed by atoms with Gasteiger partial charge in [-0.1, -0.05) is 23.2 Å². The van der Waals surface area contributed by atoms with Crippen molar-refractivity contribution < 1.29 is 9.90 Å². The van der Waals surface area contributed by atoms with Crippen LogP contribution in [0.1, 0.15) is 48.6 Å². The van der Waals surface area contributed by atoms with Crippen molar-refractivity contribution in [2.24, 2.45) is 0 Å². The molecule has 1 fully saturated rings. The van der Waals surface area contributed by atoms with E-state index in [0.29, 0.717) is 22.1 Å². The van der Waals surface area contributed by atoms with E-state index in [0.717, 1.165) is 31.7 Å². The van der Waals surface area contributed by atoms with Crippen molar-refractivity contribution in [2.45, 2.75) is 45.3 Å². The lowest BCUT2D eigenvalue weighted by Gasteiger charge is -2.33. The lowest BCUT2D eigenvalue weighted by molar-refractivity contribution is 0.0728. The number of aromatic amines is 1. The summed E-state index contributed by atoms with van der Waals surface area (Å²) in [7, 11) is 0. The fourth-order valence-corrected chi connectivity index (χ4v) is 3.48. The van der Waals surface area contributed by atoms with Gasteiger partial charge in [0.15, 0.2) is 5.82 Å². The third-order valence-electron chi connectivity index (χ3n) is 4.71. The molecule has 0 radical (unpaired) electrons. The first-order valence-electron chi connectivity index (χ1n) is 8.82. The molecule has 2 aromatic heterocycles. The fraction of sp³-hybridized carbons (Fsp3) is 0.500. The number of aryl methyl sites for hydroxylation is 1. The van der Waals surface area contributed by atoms with Crippen molar-refractivity contribution >= 4 is 34.9 Å². The molecule has 1 amide bonds. The molecular weight excluding hydrogens is 389 g/mol. The normalized spacial score (nSPS) is 15.9. The van der Waals surface area contributed by atoms with Crippen LogP contribution >= 0.6 is 23.2 Å². The number of aromatic nitrogens is 3. The lowest BCUT2D eigenvalue weighted by atomic mass is 10.0. The Morgan fingerprint density at radius 2 is 1.93 bits per heavy atom. The Morgan fingerprint density at radius 1 is 1.26 bits per heavy atom. The third kappa shape index (κ3) is 4.36. The zero-order valence-corrected chi connectivity index (χ0v) is 17.0. The summed E-state index contributed by atoms with van der Waals surface area (Å²) in [6, 6.07) is 3.70. The molecule has 1 saturated heterocycles. The number of piperidine rings is 1. The third-order valence-corrected chi connectivity index (χ3v) is 5.66. The number of amides is 1. The molecule has 0 unspecified atom stereocenters. The molecule has 7 nitrogen and oxygen atoms in total. The van der Waals surface area contributed by atoms with E-state index in [1.807, 2.05) is 6.07 Å². The highest BCUT2D eigenvalue weighted by molar-refractivity contribution is 6.44. The van der Waals surface area contributed by atoms with E-state index in [1.54, 1.807) is 26.8 Å². The minimum Gasteiger partial charge on any atom is -0.384 e. The van der Waals surface area contributed by atoms with Crippen LogP contribution in [0.25, 0.3) is 0 Å². The standard InChI is InChI=1S/C18H23Cl2N5O2/c1-10-14(19)15(20)16(21-10)17(26)22-11-6-8-25(9-7-11)13-5-4-12(23-24-13)18(2,3)27/h4-5,11,21,27H,6-9H2,1-3H3,(H,22,26). The summed E-state index contributed by atoms with van der Waals surface area (Å²) in [5.74, 6) is 0.519. The van der Waals surface area contributed by atoms with E-state index in [9.17, 15) is 9.90 Å². The number of H-pyrrole nitrogens is 1. The number of carbonyl (C=O) groups excluding carboxylic acids is 1. The van der Waals surface area contributed by atoms with Crippen LogP contribution in [-0.4, -0.2) is 45.3 Å². The molecule has 0 spiro atoms. The average Bonchev–Trinajstić information content (AvgIpc) is 2.89. The molecule has 0 bridgehead atoms. The summed E-state index contributed by atoms with van der Waals surface area (Å²) in [5, 5.41) is 21.9. The van der Waals surface area contributed by atoms with Crippen molar-refractivity contribution in [3.63, 3.8) is 0 Å². The average molecular weight is 412 g/mol. The van der Waals surface area contributed by atoms with Gasteiger partial charge < -0.3 is 20.3 Å². The smallest absolute Gasteiger partial charge is 0.269 e. The Balaban J connectivity index is 1.57. The summed E-state index contributed by atoms with van der Waals surface area (Å²) >= 11 is 12.1. The van der Waals surface area contributed by atoms with Crippen LogP contribution in [0, 0.1) is 6.92 Å². The minimum atomic E-state index is -1.01. The van der Waals surface area contributed by atoms with E-state index >= 15 is 0 Å². The summed E-state index contributed by atoms with van der Waals surface area (Å²) in [6.07, 6.45) is 1.57. The van der Waals surface area contributed by atoms with Gasteiger partial charge in [-0.15, -0.1) is 5.10 Å². The minimum absolute atomic E-state index is 0.0517. The fourth-order valence-electron chi connectivity index (χ4n) is 3.06. The van der Waals surface area contributed by atoms with Gasteiger partial charge >= 0.3 is 0 Å². The molecule has 0 aromatic carbocycles. The molecule has 3 rings (SSSR count). The Labute approximate surface area is 168 Å². The van der Waals surface area contributed by atoms with Crippen molar-refractivity contribution in [3.8, 4) is 0 Å². The van der Waals surface area contributed by atoms with Gasteiger partial charge in [-0.25, -0.2) is 0 Å². The van der Waals surface area contributed by atoms with Crippen LogP contribution in [0.5, 0.6) is 0 Å². The van der Waals surface area contributed by atoms with Crippen molar-refractivity contribution in [3.05, 3.63) is 39.3 Å². The second kappa shape index (κ2) is 7.66. The number of hydrogen-bond donors (Lipinski definition) is 3. The largest absolute Gasteiger partial charge is 0.384 e. The second-order valence-electron chi connectivity index (χ2n) is 7.32. The lowest BCUT2D eigenvalue weighted by Crippen LogP contribution is -2.45. The summed E-state index contributed by atoms with van der Waals surface area (Å²) in [5.41, 5.74) is 0.498. The Hall–Kier alpha value is -1.83. The summed E-state index contributed by atoms with van der Waals surface area (Å²) in [6.45, 7) is 6.62. The molecule has 1 aliphatic rings. The monoisotopic (exact) mass is 411 g/mol. The predicted octanol–water partition coefficient (Wildman–Crippen LogP) is 3.05. The van der Waals surface area contributed by atoms with Crippen LogP contribution in [0.15, 0.2) is 12.1 Å². The first-order chi connectivity index (χ1) is 12.7. The second-order valence-corrected chi connectivity index (χ2v) is 8.08. The molecule has 1 aliphatic heterocycles. The topological polar surface area (TPSA) is 94.1 Å². The zero-order valence-electron chi connectivity index (χ0n) is 15.5. The molecule has 0 saturated carbocycles. The maximum absolute atomic E-state index is 12.4. The molecule has 0 aliphatic carbocycles. The maximum Gasteiger partial charge on any atom is 0.269 e. The Morgan fingerprint density at radius 3 is 2.41 bits per heavy atom. The number of aliphatic hydroxyl groups is 1. The van der Waals surface area contributed by atoms with E-state index in [1.165, 1.54) is 0 Å². The molecule has 9 heteroatoms. The van der Waals surface area contributed by atoms with Crippen molar-refractivity contribution in [1.82, 2.24) is 20.5 Å². The quantitative estimate of drug-likeness (QED) is 0.718. The highest BCUT2D eigenvalue weighted by Gasteiger charge is 2.25. The number of rotatable bonds is 4. The Kier molecular flexibility index (Phi) is 5.65. The highest BCUT2D eigenvalue weighted by atomic mass is 35.5.